The summed E-state index contributed by atoms with van der Waals surface area (Å²) in [6.45, 7) is 3.67. The van der Waals surface area contributed by atoms with Gasteiger partial charge in [-0.05, 0) is 57.8 Å². The van der Waals surface area contributed by atoms with Crippen molar-refractivity contribution < 1.29 is 37.9 Å². The van der Waals surface area contributed by atoms with E-state index in [9.17, 15) is 14.2 Å². The molecule has 0 aliphatic rings. The van der Waals surface area contributed by atoms with E-state index in [1.165, 1.54) is 154 Å². The highest BCUT2D eigenvalue weighted by Gasteiger charge is 2.22. The summed E-state index contributed by atoms with van der Waals surface area (Å²) in [5.41, 5.74) is 0. The van der Waals surface area contributed by atoms with Gasteiger partial charge in [-0.2, -0.15) is 0 Å². The van der Waals surface area contributed by atoms with Crippen LogP contribution in [0.3, 0.4) is 0 Å². The predicted molar refractivity (Wildman–Crippen MR) is 225 cm³/mol. The Morgan fingerprint density at radius 3 is 1.19 bits per heavy atom. The van der Waals surface area contributed by atoms with Crippen LogP contribution < -0.4 is 0 Å². The van der Waals surface area contributed by atoms with E-state index in [0.717, 1.165) is 38.5 Å². The first kappa shape index (κ1) is 52.5. The maximum Gasteiger partial charge on any atom is 0.469 e. The van der Waals surface area contributed by atoms with Crippen molar-refractivity contribution >= 4 is 19.8 Å². The molecule has 0 aromatic heterocycles. The van der Waals surface area contributed by atoms with Gasteiger partial charge in [-0.3, -0.25) is 14.1 Å². The Kier molecular flexibility index (Phi) is 40.1. The van der Waals surface area contributed by atoms with E-state index in [1.807, 2.05) is 0 Å². The lowest BCUT2D eigenvalue weighted by Crippen LogP contribution is -2.29. The molecule has 0 unspecified atom stereocenters. The van der Waals surface area contributed by atoms with Crippen molar-refractivity contribution in [2.45, 2.75) is 238 Å². The molecule has 8 nitrogen and oxygen atoms in total. The zero-order chi connectivity index (χ0) is 39.6. The molecule has 0 amide bonds. The van der Waals surface area contributed by atoms with Crippen LogP contribution in [0.25, 0.3) is 0 Å². The molecule has 0 radical (unpaired) electrons. The summed E-state index contributed by atoms with van der Waals surface area (Å²) < 4.78 is 26.4. The Hall–Kier alpha value is -1.47. The molecule has 0 bridgehead atoms. The van der Waals surface area contributed by atoms with Crippen LogP contribution >= 0.6 is 7.82 Å². The van der Waals surface area contributed by atoms with E-state index in [4.69, 9.17) is 19.3 Å². The molecular weight excluding hydrogens is 699 g/mol. The van der Waals surface area contributed by atoms with Crippen LogP contribution in [0.5, 0.6) is 0 Å². The Labute approximate surface area is 332 Å². The fourth-order valence-corrected chi connectivity index (χ4v) is 6.91. The molecule has 2 N–H and O–H groups in total. The lowest BCUT2D eigenvalue weighted by atomic mass is 10.0. The van der Waals surface area contributed by atoms with Gasteiger partial charge in [0.05, 0.1) is 6.61 Å². The van der Waals surface area contributed by atoms with Gasteiger partial charge in [0.2, 0.25) is 0 Å². The van der Waals surface area contributed by atoms with Crippen LogP contribution in [-0.2, 0) is 28.2 Å². The Balaban J connectivity index is 3.86. The number of unbranched alkanes of at least 4 members (excludes halogenated alkanes) is 28. The number of hydrogen-bond donors (Lipinski definition) is 2. The molecule has 0 aliphatic carbocycles. The van der Waals surface area contributed by atoms with Gasteiger partial charge in [0.25, 0.3) is 0 Å². The summed E-state index contributed by atoms with van der Waals surface area (Å²) in [6.07, 6.45) is 47.8. The zero-order valence-corrected chi connectivity index (χ0v) is 36.0. The summed E-state index contributed by atoms with van der Waals surface area (Å²) in [4.78, 5) is 42.8. The number of allylic oxidation sites excluding steroid dienone is 4. The number of ether oxygens (including phenoxy) is 2. The standard InChI is InChI=1S/C45H85O8P/c1-3-5-7-9-11-13-15-17-18-19-20-21-22-23-24-25-26-28-30-32-34-36-38-40-45(47)53-43(42-52-54(48,49)50)41-51-44(46)39-37-35-33-31-29-27-16-14-12-10-8-6-4-2/h27,29,32,34,43H,3-26,28,30-31,33,35-42H2,1-2H3,(H2,48,49,50)/b29-27+,34-32+/t43-/m1/s1. The molecule has 54 heavy (non-hydrogen) atoms. The number of hydrogen-bond acceptors (Lipinski definition) is 6. The Bertz CT molecular complexity index is 931. The first-order chi connectivity index (χ1) is 26.3. The van der Waals surface area contributed by atoms with Crippen LogP contribution in [0.15, 0.2) is 24.3 Å². The fraction of sp³-hybridized carbons (Fsp3) is 0.867. The van der Waals surface area contributed by atoms with Crippen molar-refractivity contribution in [3.8, 4) is 0 Å². The summed E-state index contributed by atoms with van der Waals surface area (Å²) in [7, 11) is -4.76. The number of carbonyl (C=O) groups excluding carboxylic acids is 2. The van der Waals surface area contributed by atoms with Gasteiger partial charge in [0.1, 0.15) is 6.61 Å². The highest BCUT2D eigenvalue weighted by molar-refractivity contribution is 7.46. The maximum absolute atomic E-state index is 12.4. The molecule has 318 valence electrons. The smallest absolute Gasteiger partial charge is 0.462 e. The molecule has 0 aliphatic heterocycles. The molecule has 9 heteroatoms. The molecule has 0 saturated carbocycles. The zero-order valence-electron chi connectivity index (χ0n) is 35.1. The van der Waals surface area contributed by atoms with Gasteiger partial charge in [0.15, 0.2) is 6.10 Å². The summed E-state index contributed by atoms with van der Waals surface area (Å²) >= 11 is 0. The second kappa shape index (κ2) is 41.2. The van der Waals surface area contributed by atoms with E-state index in [0.29, 0.717) is 12.8 Å². The van der Waals surface area contributed by atoms with Crippen molar-refractivity contribution in [1.82, 2.24) is 0 Å². The van der Waals surface area contributed by atoms with Crippen molar-refractivity contribution in [2.24, 2.45) is 0 Å². The highest BCUT2D eigenvalue weighted by Crippen LogP contribution is 2.36. The van der Waals surface area contributed by atoms with Crippen LogP contribution in [0.4, 0.5) is 0 Å². The molecule has 0 aromatic carbocycles. The number of rotatable bonds is 42. The van der Waals surface area contributed by atoms with Crippen molar-refractivity contribution in [1.29, 1.82) is 0 Å². The third kappa shape index (κ3) is 43.3. The molecule has 0 fully saturated rings. The van der Waals surface area contributed by atoms with Crippen LogP contribution in [-0.4, -0.2) is 41.0 Å². The lowest BCUT2D eigenvalue weighted by Gasteiger charge is -2.18. The molecule has 0 rings (SSSR count). The average Bonchev–Trinajstić information content (AvgIpc) is 3.14. The van der Waals surface area contributed by atoms with Crippen molar-refractivity contribution in [3.63, 3.8) is 0 Å². The van der Waals surface area contributed by atoms with Gasteiger partial charge >= 0.3 is 19.8 Å². The topological polar surface area (TPSA) is 119 Å². The van der Waals surface area contributed by atoms with Crippen LogP contribution in [0.1, 0.15) is 232 Å². The second-order valence-corrected chi connectivity index (χ2v) is 16.6. The summed E-state index contributed by atoms with van der Waals surface area (Å²) in [6, 6.07) is 0. The number of phosphoric acid groups is 1. The maximum atomic E-state index is 12.4. The normalized spacial score (nSPS) is 12.6. The third-order valence-electron chi connectivity index (χ3n) is 9.94. The van der Waals surface area contributed by atoms with Gasteiger partial charge < -0.3 is 19.3 Å². The highest BCUT2D eigenvalue weighted by atomic mass is 31.2. The van der Waals surface area contributed by atoms with Gasteiger partial charge in [-0.1, -0.05) is 186 Å². The second-order valence-electron chi connectivity index (χ2n) is 15.4. The van der Waals surface area contributed by atoms with Crippen molar-refractivity contribution in [2.75, 3.05) is 13.2 Å². The average molecular weight is 785 g/mol. The first-order valence-electron chi connectivity index (χ1n) is 22.6. The van der Waals surface area contributed by atoms with E-state index < -0.39 is 32.5 Å². The number of phosphoric ester groups is 1. The number of carbonyl (C=O) groups is 2. The summed E-state index contributed by atoms with van der Waals surface area (Å²) in [5.74, 6) is -0.933. The molecular formula is C45H85O8P. The minimum Gasteiger partial charge on any atom is -0.462 e. The van der Waals surface area contributed by atoms with E-state index >= 15 is 0 Å². The number of esters is 2. The van der Waals surface area contributed by atoms with Gasteiger partial charge in [-0.15, -0.1) is 0 Å². The largest absolute Gasteiger partial charge is 0.469 e. The predicted octanol–water partition coefficient (Wildman–Crippen LogP) is 14.0. The Morgan fingerprint density at radius 2 is 0.796 bits per heavy atom. The quantitative estimate of drug-likeness (QED) is 0.0272. The van der Waals surface area contributed by atoms with Crippen LogP contribution in [0.2, 0.25) is 0 Å². The van der Waals surface area contributed by atoms with E-state index in [1.54, 1.807) is 0 Å². The van der Waals surface area contributed by atoms with Gasteiger partial charge in [-0.25, -0.2) is 4.57 Å². The molecule has 0 aromatic rings. The van der Waals surface area contributed by atoms with Crippen molar-refractivity contribution in [3.05, 3.63) is 24.3 Å². The summed E-state index contributed by atoms with van der Waals surface area (Å²) in [5, 5.41) is 0. The monoisotopic (exact) mass is 785 g/mol. The fourth-order valence-electron chi connectivity index (χ4n) is 6.55. The molecule has 0 saturated heterocycles. The molecule has 0 heterocycles. The van der Waals surface area contributed by atoms with Crippen LogP contribution in [0, 0.1) is 0 Å². The molecule has 1 atom stereocenters. The molecule has 0 spiro atoms. The first-order valence-corrected chi connectivity index (χ1v) is 24.2. The Morgan fingerprint density at radius 1 is 0.463 bits per heavy atom. The minimum atomic E-state index is -4.76. The third-order valence-corrected chi connectivity index (χ3v) is 10.4. The van der Waals surface area contributed by atoms with Gasteiger partial charge in [0, 0.05) is 12.8 Å². The lowest BCUT2D eigenvalue weighted by molar-refractivity contribution is -0.161. The van der Waals surface area contributed by atoms with E-state index in [2.05, 4.69) is 42.7 Å². The SMILES string of the molecule is CCCCCCCC/C=C/CCCCCC(=O)OC[C@H](COP(=O)(O)O)OC(=O)CCC/C=C/CCCCCCCCCCCCCCCCCCCC. The van der Waals surface area contributed by atoms with E-state index in [-0.39, 0.29) is 19.4 Å². The minimum absolute atomic E-state index is 0.164.